The summed E-state index contributed by atoms with van der Waals surface area (Å²) in [5.74, 6) is 0. The van der Waals surface area contributed by atoms with Gasteiger partial charge < -0.3 is 0 Å². The summed E-state index contributed by atoms with van der Waals surface area (Å²) in [5.41, 5.74) is 0. The molecule has 0 aliphatic rings. The average Bonchev–Trinajstić information content (AvgIpc) is 2.79. The van der Waals surface area contributed by atoms with Crippen LogP contribution < -0.4 is 0 Å². The molecule has 0 N–H and O–H groups in total. The Balaban J connectivity index is 2.40. The Hall–Kier alpha value is -1.64. The number of pyridine rings is 1. The van der Waals surface area contributed by atoms with Crippen molar-refractivity contribution in [2.45, 2.75) is 0 Å². The molecule has 18 heavy (non-hydrogen) atoms. The molecule has 0 radical (unpaired) electrons. The molecule has 0 aliphatic heterocycles. The predicted octanol–water partition coefficient (Wildman–Crippen LogP) is 5.26. The van der Waals surface area contributed by atoms with E-state index in [2.05, 4.69) is 41.4 Å². The molecule has 0 amide bonds. The fourth-order valence-corrected chi connectivity index (χ4v) is 3.87. The lowest BCUT2D eigenvalue weighted by molar-refractivity contribution is 1.37. The molecule has 2 heterocycles. The second kappa shape index (κ2) is 3.67. The van der Waals surface area contributed by atoms with Gasteiger partial charge in [0.25, 0.3) is 0 Å². The van der Waals surface area contributed by atoms with Crippen molar-refractivity contribution in [1.82, 2.24) is 4.98 Å². The van der Waals surface area contributed by atoms with Crippen molar-refractivity contribution in [2.75, 3.05) is 0 Å². The SMILES string of the molecule is Clc1nccc2sc3ccc4ccccc4c3c12. The molecule has 0 saturated carbocycles. The summed E-state index contributed by atoms with van der Waals surface area (Å²) in [7, 11) is 0. The van der Waals surface area contributed by atoms with E-state index in [1.165, 1.54) is 25.6 Å². The monoisotopic (exact) mass is 269 g/mol. The van der Waals surface area contributed by atoms with Crippen LogP contribution >= 0.6 is 22.9 Å². The normalized spacial score (nSPS) is 11.6. The Bertz CT molecular complexity index is 895. The Morgan fingerprint density at radius 2 is 1.72 bits per heavy atom. The third-order valence-electron chi connectivity index (χ3n) is 3.23. The van der Waals surface area contributed by atoms with Crippen molar-refractivity contribution in [3.63, 3.8) is 0 Å². The first-order valence-electron chi connectivity index (χ1n) is 5.69. The highest BCUT2D eigenvalue weighted by Crippen LogP contribution is 2.40. The van der Waals surface area contributed by atoms with Gasteiger partial charge >= 0.3 is 0 Å². The Morgan fingerprint density at radius 1 is 0.889 bits per heavy atom. The first-order valence-corrected chi connectivity index (χ1v) is 6.88. The van der Waals surface area contributed by atoms with E-state index in [9.17, 15) is 0 Å². The molecule has 2 aromatic heterocycles. The molecule has 0 spiro atoms. The summed E-state index contributed by atoms with van der Waals surface area (Å²) in [6.45, 7) is 0. The first kappa shape index (κ1) is 10.3. The van der Waals surface area contributed by atoms with Crippen LogP contribution in [0.1, 0.15) is 0 Å². The van der Waals surface area contributed by atoms with Gasteiger partial charge in [-0.05, 0) is 22.9 Å². The van der Waals surface area contributed by atoms with Crippen molar-refractivity contribution in [1.29, 1.82) is 0 Å². The van der Waals surface area contributed by atoms with Crippen molar-refractivity contribution < 1.29 is 0 Å². The van der Waals surface area contributed by atoms with Gasteiger partial charge in [-0.15, -0.1) is 11.3 Å². The quantitative estimate of drug-likeness (QED) is 0.397. The van der Waals surface area contributed by atoms with Crippen LogP contribution in [-0.4, -0.2) is 4.98 Å². The van der Waals surface area contributed by atoms with Gasteiger partial charge in [0.1, 0.15) is 5.15 Å². The number of halogens is 1. The highest BCUT2D eigenvalue weighted by Gasteiger charge is 2.11. The second-order valence-corrected chi connectivity index (χ2v) is 5.68. The van der Waals surface area contributed by atoms with E-state index in [0.717, 1.165) is 5.39 Å². The van der Waals surface area contributed by atoms with Crippen LogP contribution in [-0.2, 0) is 0 Å². The van der Waals surface area contributed by atoms with E-state index in [0.29, 0.717) is 5.15 Å². The minimum absolute atomic E-state index is 0.593. The number of benzene rings is 2. The Morgan fingerprint density at radius 3 is 2.67 bits per heavy atom. The summed E-state index contributed by atoms with van der Waals surface area (Å²) < 4.78 is 2.46. The van der Waals surface area contributed by atoms with E-state index in [1.54, 1.807) is 17.5 Å². The highest BCUT2D eigenvalue weighted by molar-refractivity contribution is 7.26. The van der Waals surface area contributed by atoms with E-state index in [-0.39, 0.29) is 0 Å². The van der Waals surface area contributed by atoms with Crippen LogP contribution in [0.25, 0.3) is 30.9 Å². The molecule has 0 fully saturated rings. The standard InChI is InChI=1S/C15H8ClNS/c16-15-14-12(7-8-17-15)18-11-6-5-9-3-1-2-4-10(9)13(11)14/h1-8H. The van der Waals surface area contributed by atoms with Crippen LogP contribution in [0.4, 0.5) is 0 Å². The lowest BCUT2D eigenvalue weighted by Crippen LogP contribution is -1.76. The molecule has 3 heteroatoms. The molecule has 0 aliphatic carbocycles. The number of nitrogens with zero attached hydrogens (tertiary/aromatic N) is 1. The van der Waals surface area contributed by atoms with Gasteiger partial charge in [-0.3, -0.25) is 0 Å². The van der Waals surface area contributed by atoms with Crippen LogP contribution in [0.2, 0.25) is 5.15 Å². The van der Waals surface area contributed by atoms with Gasteiger partial charge in [0.05, 0.1) is 0 Å². The summed E-state index contributed by atoms with van der Waals surface area (Å²) in [6.07, 6.45) is 1.77. The van der Waals surface area contributed by atoms with Gasteiger partial charge in [-0.25, -0.2) is 4.98 Å². The Kier molecular flexibility index (Phi) is 2.10. The number of thiophene rings is 1. The fraction of sp³-hybridized carbons (Fsp3) is 0. The summed E-state index contributed by atoms with van der Waals surface area (Å²) in [5, 5.41) is 5.39. The lowest BCUT2D eigenvalue weighted by atomic mass is 10.1. The van der Waals surface area contributed by atoms with Gasteiger partial charge in [-0.1, -0.05) is 41.9 Å². The number of hydrogen-bond acceptors (Lipinski definition) is 2. The molecule has 86 valence electrons. The third-order valence-corrected chi connectivity index (χ3v) is 4.63. The van der Waals surface area contributed by atoms with Crippen molar-refractivity contribution >= 4 is 53.9 Å². The van der Waals surface area contributed by atoms with E-state index in [4.69, 9.17) is 11.6 Å². The zero-order chi connectivity index (χ0) is 12.1. The maximum absolute atomic E-state index is 6.27. The third kappa shape index (κ3) is 1.30. The largest absolute Gasteiger partial charge is 0.244 e. The van der Waals surface area contributed by atoms with E-state index in [1.807, 2.05) is 6.07 Å². The van der Waals surface area contributed by atoms with Gasteiger partial charge in [0.2, 0.25) is 0 Å². The maximum Gasteiger partial charge on any atom is 0.138 e. The fourth-order valence-electron chi connectivity index (χ4n) is 2.44. The number of hydrogen-bond donors (Lipinski definition) is 0. The van der Waals surface area contributed by atoms with Gasteiger partial charge in [0.15, 0.2) is 0 Å². The predicted molar refractivity (Wildman–Crippen MR) is 79.6 cm³/mol. The number of rotatable bonds is 0. The summed E-state index contributed by atoms with van der Waals surface area (Å²) in [4.78, 5) is 4.21. The van der Waals surface area contributed by atoms with Crippen LogP contribution in [0.3, 0.4) is 0 Å². The van der Waals surface area contributed by atoms with E-state index >= 15 is 0 Å². The molecule has 2 aromatic carbocycles. The maximum atomic E-state index is 6.27. The summed E-state index contributed by atoms with van der Waals surface area (Å²) >= 11 is 8.04. The molecule has 4 rings (SSSR count). The zero-order valence-corrected chi connectivity index (χ0v) is 10.9. The first-order chi connectivity index (χ1) is 8.84. The molecular weight excluding hydrogens is 262 g/mol. The van der Waals surface area contributed by atoms with Crippen molar-refractivity contribution in [2.24, 2.45) is 0 Å². The molecular formula is C15H8ClNS. The molecule has 0 bridgehead atoms. The average molecular weight is 270 g/mol. The van der Waals surface area contributed by atoms with Gasteiger partial charge in [-0.2, -0.15) is 0 Å². The molecule has 4 aromatic rings. The van der Waals surface area contributed by atoms with Crippen LogP contribution in [0.15, 0.2) is 48.7 Å². The number of aromatic nitrogens is 1. The molecule has 1 nitrogen and oxygen atoms in total. The zero-order valence-electron chi connectivity index (χ0n) is 9.35. The van der Waals surface area contributed by atoms with E-state index < -0.39 is 0 Å². The van der Waals surface area contributed by atoms with Crippen molar-refractivity contribution in [3.05, 3.63) is 53.8 Å². The Labute approximate surface area is 113 Å². The second-order valence-electron chi connectivity index (χ2n) is 4.24. The highest BCUT2D eigenvalue weighted by atomic mass is 35.5. The molecule has 0 unspecified atom stereocenters. The molecule has 0 atom stereocenters. The van der Waals surface area contributed by atoms with Crippen LogP contribution in [0, 0.1) is 0 Å². The minimum atomic E-state index is 0.593. The van der Waals surface area contributed by atoms with Crippen molar-refractivity contribution in [3.8, 4) is 0 Å². The van der Waals surface area contributed by atoms with Crippen LogP contribution in [0.5, 0.6) is 0 Å². The lowest BCUT2D eigenvalue weighted by Gasteiger charge is -2.00. The smallest absolute Gasteiger partial charge is 0.138 e. The molecule has 0 saturated heterocycles. The number of fused-ring (bicyclic) bond motifs is 5. The summed E-state index contributed by atoms with van der Waals surface area (Å²) in [6, 6.07) is 14.8. The topological polar surface area (TPSA) is 12.9 Å². The van der Waals surface area contributed by atoms with Gasteiger partial charge in [0, 0.05) is 26.4 Å². The minimum Gasteiger partial charge on any atom is -0.244 e.